The van der Waals surface area contributed by atoms with Crippen LogP contribution in [-0.4, -0.2) is 38.7 Å². The molecular formula is C19H18ClF2NO5. The molecule has 0 fully saturated rings. The third kappa shape index (κ3) is 6.38. The standard InChI is InChI=1S/C19H18ClF2NO5/c1-26-16-10-12(6-7-15(16)28-19(21)22)8-9-23-17(24)11-27-18(25)13-4-2-3-5-14(13)20/h2-7,10,19H,8-9,11H2,1H3,(H,23,24). The number of nitrogens with one attached hydrogen (secondary N) is 1. The molecule has 9 heteroatoms. The van der Waals surface area contributed by atoms with Gasteiger partial charge in [-0.05, 0) is 36.2 Å². The van der Waals surface area contributed by atoms with Crippen molar-refractivity contribution in [2.24, 2.45) is 0 Å². The highest BCUT2D eigenvalue weighted by molar-refractivity contribution is 6.33. The largest absolute Gasteiger partial charge is 0.493 e. The fraction of sp³-hybridized carbons (Fsp3) is 0.263. The van der Waals surface area contributed by atoms with Crippen molar-refractivity contribution in [1.29, 1.82) is 0 Å². The molecule has 0 radical (unpaired) electrons. The van der Waals surface area contributed by atoms with Gasteiger partial charge in [0.25, 0.3) is 5.91 Å². The minimum atomic E-state index is -2.95. The summed E-state index contributed by atoms with van der Waals surface area (Å²) in [6.45, 7) is -3.15. The number of methoxy groups -OCH3 is 1. The summed E-state index contributed by atoms with van der Waals surface area (Å²) in [4.78, 5) is 23.7. The van der Waals surface area contributed by atoms with E-state index in [1.54, 1.807) is 30.3 Å². The Balaban J connectivity index is 1.79. The normalized spacial score (nSPS) is 10.5. The Kier molecular flexibility index (Phi) is 8.01. The summed E-state index contributed by atoms with van der Waals surface area (Å²) in [5.74, 6) is -1.08. The summed E-state index contributed by atoms with van der Waals surface area (Å²) in [7, 11) is 1.34. The maximum absolute atomic E-state index is 12.3. The first-order valence-corrected chi connectivity index (χ1v) is 8.58. The molecular weight excluding hydrogens is 396 g/mol. The first-order valence-electron chi connectivity index (χ1n) is 8.20. The second-order valence-electron chi connectivity index (χ2n) is 5.52. The summed E-state index contributed by atoms with van der Waals surface area (Å²) in [5, 5.41) is 2.83. The molecule has 28 heavy (non-hydrogen) atoms. The average molecular weight is 414 g/mol. The number of ether oxygens (including phenoxy) is 3. The molecule has 0 atom stereocenters. The van der Waals surface area contributed by atoms with E-state index in [2.05, 4.69) is 10.1 Å². The van der Waals surface area contributed by atoms with Gasteiger partial charge in [0.1, 0.15) is 0 Å². The summed E-state index contributed by atoms with van der Waals surface area (Å²) >= 11 is 5.89. The van der Waals surface area contributed by atoms with Crippen LogP contribution in [0.15, 0.2) is 42.5 Å². The number of halogens is 3. The predicted octanol–water partition coefficient (Wildman–Crippen LogP) is 3.47. The molecule has 0 spiro atoms. The van der Waals surface area contributed by atoms with Gasteiger partial charge < -0.3 is 19.5 Å². The molecule has 2 rings (SSSR count). The van der Waals surface area contributed by atoms with E-state index in [-0.39, 0.29) is 28.6 Å². The fourth-order valence-electron chi connectivity index (χ4n) is 2.29. The predicted molar refractivity (Wildman–Crippen MR) is 98.1 cm³/mol. The Bertz CT molecular complexity index is 832. The summed E-state index contributed by atoms with van der Waals surface area (Å²) in [5.41, 5.74) is 0.919. The molecule has 0 heterocycles. The van der Waals surface area contributed by atoms with Crippen molar-refractivity contribution < 1.29 is 32.6 Å². The molecule has 2 aromatic carbocycles. The van der Waals surface area contributed by atoms with Crippen molar-refractivity contribution in [1.82, 2.24) is 5.32 Å². The van der Waals surface area contributed by atoms with Crippen LogP contribution in [0.1, 0.15) is 15.9 Å². The lowest BCUT2D eigenvalue weighted by molar-refractivity contribution is -0.124. The van der Waals surface area contributed by atoms with Crippen LogP contribution in [0.3, 0.4) is 0 Å². The third-order valence-corrected chi connectivity index (χ3v) is 3.94. The van der Waals surface area contributed by atoms with Crippen LogP contribution < -0.4 is 14.8 Å². The van der Waals surface area contributed by atoms with Gasteiger partial charge in [-0.25, -0.2) is 4.79 Å². The van der Waals surface area contributed by atoms with Crippen LogP contribution in [0.25, 0.3) is 0 Å². The van der Waals surface area contributed by atoms with Crippen molar-refractivity contribution in [3.8, 4) is 11.5 Å². The minimum Gasteiger partial charge on any atom is -0.493 e. The van der Waals surface area contributed by atoms with Crippen LogP contribution in [0.5, 0.6) is 11.5 Å². The molecule has 0 aromatic heterocycles. The van der Waals surface area contributed by atoms with Gasteiger partial charge in [0.2, 0.25) is 0 Å². The van der Waals surface area contributed by atoms with Gasteiger partial charge in [-0.3, -0.25) is 4.79 Å². The molecule has 0 saturated carbocycles. The smallest absolute Gasteiger partial charge is 0.387 e. The summed E-state index contributed by atoms with van der Waals surface area (Å²) in [6.07, 6.45) is 0.412. The maximum Gasteiger partial charge on any atom is 0.387 e. The SMILES string of the molecule is COc1cc(CCNC(=O)COC(=O)c2ccccc2Cl)ccc1OC(F)F. The Labute approximate surface area is 165 Å². The van der Waals surface area contributed by atoms with E-state index in [9.17, 15) is 18.4 Å². The Hall–Kier alpha value is -2.87. The van der Waals surface area contributed by atoms with Gasteiger partial charge in [-0.2, -0.15) is 8.78 Å². The van der Waals surface area contributed by atoms with Crippen LogP contribution in [0, 0.1) is 0 Å². The van der Waals surface area contributed by atoms with Crippen LogP contribution in [0.4, 0.5) is 8.78 Å². The fourth-order valence-corrected chi connectivity index (χ4v) is 2.51. The molecule has 0 bridgehead atoms. The molecule has 0 unspecified atom stereocenters. The van der Waals surface area contributed by atoms with Gasteiger partial charge in [-0.1, -0.05) is 29.8 Å². The zero-order valence-corrected chi connectivity index (χ0v) is 15.7. The molecule has 1 amide bonds. The van der Waals surface area contributed by atoms with Crippen LogP contribution >= 0.6 is 11.6 Å². The lowest BCUT2D eigenvalue weighted by Crippen LogP contribution is -2.30. The number of alkyl halides is 2. The lowest BCUT2D eigenvalue weighted by atomic mass is 10.1. The maximum atomic E-state index is 12.3. The van der Waals surface area contributed by atoms with Crippen molar-refractivity contribution in [3.05, 3.63) is 58.6 Å². The van der Waals surface area contributed by atoms with E-state index in [4.69, 9.17) is 21.1 Å². The second-order valence-corrected chi connectivity index (χ2v) is 5.93. The highest BCUT2D eigenvalue weighted by Gasteiger charge is 2.14. The van der Waals surface area contributed by atoms with Gasteiger partial charge in [0, 0.05) is 6.54 Å². The number of amides is 1. The van der Waals surface area contributed by atoms with E-state index >= 15 is 0 Å². The average Bonchev–Trinajstić information content (AvgIpc) is 2.67. The van der Waals surface area contributed by atoms with Crippen molar-refractivity contribution >= 4 is 23.5 Å². The van der Waals surface area contributed by atoms with Crippen molar-refractivity contribution in [3.63, 3.8) is 0 Å². The minimum absolute atomic E-state index is 0.0724. The monoisotopic (exact) mass is 413 g/mol. The van der Waals surface area contributed by atoms with Gasteiger partial charge >= 0.3 is 12.6 Å². The number of benzene rings is 2. The van der Waals surface area contributed by atoms with Crippen LogP contribution in [-0.2, 0) is 16.0 Å². The zero-order valence-electron chi connectivity index (χ0n) is 14.9. The molecule has 6 nitrogen and oxygen atoms in total. The van der Waals surface area contributed by atoms with Crippen LogP contribution in [0.2, 0.25) is 5.02 Å². The summed E-state index contributed by atoms with van der Waals surface area (Å²) in [6, 6.07) is 10.8. The molecule has 0 aliphatic heterocycles. The number of rotatable bonds is 9. The van der Waals surface area contributed by atoms with Gasteiger partial charge in [0.15, 0.2) is 18.1 Å². The lowest BCUT2D eigenvalue weighted by Gasteiger charge is -2.12. The molecule has 0 saturated heterocycles. The molecule has 0 aliphatic carbocycles. The second kappa shape index (κ2) is 10.5. The first-order chi connectivity index (χ1) is 13.4. The van der Waals surface area contributed by atoms with E-state index in [1.807, 2.05) is 0 Å². The number of hydrogen-bond acceptors (Lipinski definition) is 5. The van der Waals surface area contributed by atoms with Crippen molar-refractivity contribution in [2.45, 2.75) is 13.0 Å². The summed E-state index contributed by atoms with van der Waals surface area (Å²) < 4.78 is 38.9. The molecule has 150 valence electrons. The van der Waals surface area contributed by atoms with E-state index in [1.165, 1.54) is 19.2 Å². The Morgan fingerprint density at radius 2 is 1.89 bits per heavy atom. The quantitative estimate of drug-likeness (QED) is 0.637. The third-order valence-electron chi connectivity index (χ3n) is 3.61. The number of esters is 1. The van der Waals surface area contributed by atoms with E-state index in [0.717, 1.165) is 5.56 Å². The topological polar surface area (TPSA) is 73.9 Å². The van der Waals surface area contributed by atoms with E-state index in [0.29, 0.717) is 6.42 Å². The Morgan fingerprint density at radius 3 is 2.57 bits per heavy atom. The molecule has 2 aromatic rings. The molecule has 1 N–H and O–H groups in total. The van der Waals surface area contributed by atoms with Crippen molar-refractivity contribution in [2.75, 3.05) is 20.3 Å². The highest BCUT2D eigenvalue weighted by Crippen LogP contribution is 2.29. The number of hydrogen-bond donors (Lipinski definition) is 1. The number of carbonyl (C=O) groups excluding carboxylic acids is 2. The van der Waals surface area contributed by atoms with Gasteiger partial charge in [-0.15, -0.1) is 0 Å². The zero-order chi connectivity index (χ0) is 20.5. The highest BCUT2D eigenvalue weighted by atomic mass is 35.5. The molecule has 0 aliphatic rings. The first kappa shape index (κ1) is 21.4. The Morgan fingerprint density at radius 1 is 1.14 bits per heavy atom. The van der Waals surface area contributed by atoms with E-state index < -0.39 is 25.1 Å². The van der Waals surface area contributed by atoms with Gasteiger partial charge in [0.05, 0.1) is 17.7 Å². The number of carbonyl (C=O) groups is 2.